The van der Waals surface area contributed by atoms with Gasteiger partial charge in [0.25, 0.3) is 5.92 Å². The van der Waals surface area contributed by atoms with Crippen molar-refractivity contribution < 1.29 is 34.6 Å². The second-order valence-electron chi connectivity index (χ2n) is 3.20. The standard InChI is InChI=1S/C6H7F5O3S/c7-5(8,4-1-2-4)3-14-15(12,13)6(9,10)11/h4H,1-3H2. The van der Waals surface area contributed by atoms with Crippen LogP contribution in [-0.2, 0) is 14.3 Å². The molecule has 0 saturated heterocycles. The molecule has 3 nitrogen and oxygen atoms in total. The van der Waals surface area contributed by atoms with E-state index in [1.54, 1.807) is 0 Å². The summed E-state index contributed by atoms with van der Waals surface area (Å²) in [6, 6.07) is 0. The molecule has 0 aromatic heterocycles. The topological polar surface area (TPSA) is 43.4 Å². The predicted octanol–water partition coefficient (Wildman–Crippen LogP) is 1.90. The van der Waals surface area contributed by atoms with E-state index in [1.165, 1.54) is 0 Å². The van der Waals surface area contributed by atoms with Crippen LogP contribution in [0.15, 0.2) is 0 Å². The minimum absolute atomic E-state index is 0.169. The molecule has 0 spiro atoms. The lowest BCUT2D eigenvalue weighted by Crippen LogP contribution is -2.33. The van der Waals surface area contributed by atoms with Gasteiger partial charge in [-0.25, -0.2) is 8.78 Å². The molecule has 0 aromatic carbocycles. The maximum Gasteiger partial charge on any atom is 0.523 e. The van der Waals surface area contributed by atoms with Crippen LogP contribution in [0, 0.1) is 5.92 Å². The molecule has 0 heterocycles. The molecule has 1 rings (SSSR count). The van der Waals surface area contributed by atoms with E-state index in [1.807, 2.05) is 0 Å². The molecule has 0 amide bonds. The summed E-state index contributed by atoms with van der Waals surface area (Å²) in [7, 11) is -5.92. The SMILES string of the molecule is O=S(=O)(OCC(F)(F)C1CC1)C(F)(F)F. The minimum Gasteiger partial charge on any atom is -0.257 e. The van der Waals surface area contributed by atoms with Gasteiger partial charge < -0.3 is 0 Å². The third-order valence-corrected chi connectivity index (χ3v) is 2.86. The fourth-order valence-electron chi connectivity index (χ4n) is 0.846. The van der Waals surface area contributed by atoms with Crippen LogP contribution in [0.25, 0.3) is 0 Å². The van der Waals surface area contributed by atoms with E-state index < -0.39 is 34.1 Å². The predicted molar refractivity (Wildman–Crippen MR) is 38.6 cm³/mol. The van der Waals surface area contributed by atoms with Crippen molar-refractivity contribution in [2.75, 3.05) is 6.61 Å². The largest absolute Gasteiger partial charge is 0.523 e. The van der Waals surface area contributed by atoms with Gasteiger partial charge in [0.15, 0.2) is 0 Å². The molecule has 0 radical (unpaired) electrons. The zero-order chi connectivity index (χ0) is 11.9. The van der Waals surface area contributed by atoms with Crippen molar-refractivity contribution in [1.82, 2.24) is 0 Å². The monoisotopic (exact) mass is 254 g/mol. The van der Waals surface area contributed by atoms with E-state index in [-0.39, 0.29) is 12.8 Å². The summed E-state index contributed by atoms with van der Waals surface area (Å²) in [6.45, 7) is -1.75. The summed E-state index contributed by atoms with van der Waals surface area (Å²) in [5.41, 5.74) is -5.66. The van der Waals surface area contributed by atoms with Gasteiger partial charge in [0.1, 0.15) is 6.61 Å². The molecule has 1 saturated carbocycles. The third kappa shape index (κ3) is 3.00. The lowest BCUT2D eigenvalue weighted by Gasteiger charge is -2.15. The molecule has 15 heavy (non-hydrogen) atoms. The van der Waals surface area contributed by atoms with Crippen LogP contribution in [0.2, 0.25) is 0 Å². The van der Waals surface area contributed by atoms with Crippen molar-refractivity contribution in [2.24, 2.45) is 5.92 Å². The maximum atomic E-state index is 12.8. The molecule has 0 aromatic rings. The van der Waals surface area contributed by atoms with Crippen LogP contribution in [-0.4, -0.2) is 26.5 Å². The summed E-state index contributed by atoms with van der Waals surface area (Å²) in [5.74, 6) is -4.58. The van der Waals surface area contributed by atoms with Gasteiger partial charge in [-0.15, -0.1) is 0 Å². The number of rotatable bonds is 4. The van der Waals surface area contributed by atoms with Gasteiger partial charge in [0.2, 0.25) is 0 Å². The normalized spacial score (nSPS) is 19.3. The van der Waals surface area contributed by atoms with Crippen LogP contribution in [0.1, 0.15) is 12.8 Å². The fourth-order valence-corrected chi connectivity index (χ4v) is 1.29. The van der Waals surface area contributed by atoms with Crippen LogP contribution in [0.3, 0.4) is 0 Å². The van der Waals surface area contributed by atoms with Gasteiger partial charge in [-0.05, 0) is 12.8 Å². The first-order chi connectivity index (χ1) is 6.56. The highest BCUT2D eigenvalue weighted by atomic mass is 32.2. The van der Waals surface area contributed by atoms with Crippen LogP contribution >= 0.6 is 0 Å². The Labute approximate surface area is 82.3 Å². The van der Waals surface area contributed by atoms with E-state index in [0.29, 0.717) is 0 Å². The summed E-state index contributed by atoms with van der Waals surface area (Å²) in [6.07, 6.45) is 0.338. The Morgan fingerprint density at radius 2 is 1.60 bits per heavy atom. The molecule has 1 aliphatic rings. The van der Waals surface area contributed by atoms with Crippen molar-refractivity contribution in [1.29, 1.82) is 0 Å². The van der Waals surface area contributed by atoms with Gasteiger partial charge in [-0.2, -0.15) is 21.6 Å². The molecule has 0 atom stereocenters. The second kappa shape index (κ2) is 3.55. The van der Waals surface area contributed by atoms with Crippen LogP contribution in [0.5, 0.6) is 0 Å². The van der Waals surface area contributed by atoms with Crippen LogP contribution < -0.4 is 0 Å². The highest BCUT2D eigenvalue weighted by Crippen LogP contribution is 2.43. The number of hydrogen-bond acceptors (Lipinski definition) is 3. The molecular formula is C6H7F5O3S. The Kier molecular flexibility index (Phi) is 2.99. The van der Waals surface area contributed by atoms with Gasteiger partial charge in [0, 0.05) is 5.92 Å². The second-order valence-corrected chi connectivity index (χ2v) is 4.80. The average Bonchev–Trinajstić information content (AvgIpc) is 2.81. The van der Waals surface area contributed by atoms with E-state index in [4.69, 9.17) is 0 Å². The smallest absolute Gasteiger partial charge is 0.257 e. The lowest BCUT2D eigenvalue weighted by molar-refractivity contribution is -0.0804. The summed E-state index contributed by atoms with van der Waals surface area (Å²) >= 11 is 0. The van der Waals surface area contributed by atoms with E-state index >= 15 is 0 Å². The van der Waals surface area contributed by atoms with Gasteiger partial charge in [0.05, 0.1) is 0 Å². The third-order valence-electron chi connectivity index (χ3n) is 1.86. The zero-order valence-electron chi connectivity index (χ0n) is 7.22. The quantitative estimate of drug-likeness (QED) is 0.437. The molecule has 0 aliphatic heterocycles. The number of alkyl halides is 5. The zero-order valence-corrected chi connectivity index (χ0v) is 8.04. The molecule has 0 bridgehead atoms. The average molecular weight is 254 g/mol. The molecule has 0 unspecified atom stereocenters. The van der Waals surface area contributed by atoms with E-state index in [9.17, 15) is 30.4 Å². The van der Waals surface area contributed by atoms with Crippen molar-refractivity contribution in [2.45, 2.75) is 24.3 Å². The first-order valence-electron chi connectivity index (χ1n) is 3.90. The molecular weight excluding hydrogens is 247 g/mol. The Balaban J connectivity index is 2.57. The van der Waals surface area contributed by atoms with Gasteiger partial charge in [-0.1, -0.05) is 0 Å². The van der Waals surface area contributed by atoms with Crippen molar-refractivity contribution in [3.05, 3.63) is 0 Å². The molecule has 0 N–H and O–H groups in total. The maximum absolute atomic E-state index is 12.8. The lowest BCUT2D eigenvalue weighted by atomic mass is 10.2. The van der Waals surface area contributed by atoms with E-state index in [0.717, 1.165) is 0 Å². The minimum atomic E-state index is -5.92. The highest BCUT2D eigenvalue weighted by Gasteiger charge is 2.52. The fraction of sp³-hybridized carbons (Fsp3) is 1.00. The first kappa shape index (κ1) is 12.6. The molecule has 1 fully saturated rings. The summed E-state index contributed by atoms with van der Waals surface area (Å²) in [5, 5.41) is 0. The molecule has 9 heteroatoms. The Morgan fingerprint density at radius 1 is 1.13 bits per heavy atom. The van der Waals surface area contributed by atoms with Crippen molar-refractivity contribution in [3.63, 3.8) is 0 Å². The molecule has 1 aliphatic carbocycles. The Bertz CT molecular complexity index is 329. The van der Waals surface area contributed by atoms with Crippen molar-refractivity contribution in [3.8, 4) is 0 Å². The Hall–Kier alpha value is -0.440. The number of hydrogen-bond donors (Lipinski definition) is 0. The summed E-state index contributed by atoms with van der Waals surface area (Å²) in [4.78, 5) is 0. The number of halogens is 5. The highest BCUT2D eigenvalue weighted by molar-refractivity contribution is 7.87. The Morgan fingerprint density at radius 3 is 1.93 bits per heavy atom. The van der Waals surface area contributed by atoms with Gasteiger partial charge in [-0.3, -0.25) is 4.18 Å². The molecule has 90 valence electrons. The first-order valence-corrected chi connectivity index (χ1v) is 5.30. The summed E-state index contributed by atoms with van der Waals surface area (Å²) < 4.78 is 84.3. The van der Waals surface area contributed by atoms with E-state index in [2.05, 4.69) is 4.18 Å². The van der Waals surface area contributed by atoms with Crippen LogP contribution in [0.4, 0.5) is 22.0 Å². The van der Waals surface area contributed by atoms with Gasteiger partial charge >= 0.3 is 15.6 Å². The van der Waals surface area contributed by atoms with Crippen molar-refractivity contribution >= 4 is 10.1 Å².